The van der Waals surface area contributed by atoms with Crippen molar-refractivity contribution in [3.8, 4) is 0 Å². The number of nitrogens with zero attached hydrogens (tertiary/aromatic N) is 1. The average molecular weight is 257 g/mol. The normalized spacial score (nSPS) is 10.2. The van der Waals surface area contributed by atoms with Crippen LogP contribution < -0.4 is 0 Å². The summed E-state index contributed by atoms with van der Waals surface area (Å²) in [5.74, 6) is -0.492. The number of Topliss-reactive ketones (excluding diaryl/α,β-unsaturated/α-hetero) is 1. The number of rotatable bonds is 7. The minimum Gasteiger partial charge on any atom is -0.466 e. The first-order valence-electron chi connectivity index (χ1n) is 5.38. The van der Waals surface area contributed by atoms with Crippen molar-refractivity contribution in [1.29, 1.82) is 0 Å². The summed E-state index contributed by atoms with van der Waals surface area (Å²) in [6.07, 6.45) is 0.103. The van der Waals surface area contributed by atoms with Crippen molar-refractivity contribution < 1.29 is 19.1 Å². The van der Waals surface area contributed by atoms with Crippen LogP contribution in [0.4, 0.5) is 0 Å². The van der Waals surface area contributed by atoms with E-state index in [2.05, 4.69) is 4.98 Å². The van der Waals surface area contributed by atoms with E-state index in [1.54, 1.807) is 12.3 Å². The Morgan fingerprint density at radius 1 is 1.35 bits per heavy atom. The van der Waals surface area contributed by atoms with Crippen molar-refractivity contribution in [2.24, 2.45) is 0 Å². The lowest BCUT2D eigenvalue weighted by atomic mass is 10.3. The van der Waals surface area contributed by atoms with Crippen molar-refractivity contribution >= 4 is 23.1 Å². The summed E-state index contributed by atoms with van der Waals surface area (Å²) < 4.78 is 9.80. The number of carbonyl (C=O) groups is 2. The summed E-state index contributed by atoms with van der Waals surface area (Å²) in [4.78, 5) is 26.8. The van der Waals surface area contributed by atoms with Crippen LogP contribution in [0.15, 0.2) is 5.38 Å². The molecule has 1 aromatic rings. The fourth-order valence-corrected chi connectivity index (χ4v) is 1.88. The first kappa shape index (κ1) is 13.8. The van der Waals surface area contributed by atoms with Crippen LogP contribution in [0.3, 0.4) is 0 Å². The van der Waals surface area contributed by atoms with Gasteiger partial charge in [-0.3, -0.25) is 9.59 Å². The summed E-state index contributed by atoms with van der Waals surface area (Å²) >= 11 is 1.22. The van der Waals surface area contributed by atoms with E-state index in [1.165, 1.54) is 11.3 Å². The lowest BCUT2D eigenvalue weighted by Crippen LogP contribution is -2.10. The van der Waals surface area contributed by atoms with E-state index < -0.39 is 0 Å². The molecule has 0 radical (unpaired) electrons. The monoisotopic (exact) mass is 257 g/mol. The molecule has 6 heteroatoms. The molecule has 0 unspecified atom stereocenters. The number of ketones is 1. The van der Waals surface area contributed by atoms with E-state index in [-0.39, 0.29) is 24.8 Å². The Bertz CT molecular complexity index is 389. The molecule has 0 aromatic carbocycles. The molecule has 94 valence electrons. The molecule has 1 aromatic heterocycles. The van der Waals surface area contributed by atoms with Gasteiger partial charge < -0.3 is 9.47 Å². The highest BCUT2D eigenvalue weighted by Gasteiger charge is 2.13. The van der Waals surface area contributed by atoms with E-state index in [4.69, 9.17) is 9.47 Å². The lowest BCUT2D eigenvalue weighted by molar-refractivity contribution is -0.142. The number of hydrogen-bond donors (Lipinski definition) is 0. The predicted octanol–water partition coefficient (Wildman–Crippen LogP) is 1.47. The van der Waals surface area contributed by atoms with Crippen LogP contribution in [0.1, 0.15) is 29.3 Å². The van der Waals surface area contributed by atoms with Crippen LogP contribution in [0.25, 0.3) is 0 Å². The minimum atomic E-state index is -0.332. The van der Waals surface area contributed by atoms with E-state index in [9.17, 15) is 9.59 Å². The topological polar surface area (TPSA) is 65.5 Å². The predicted molar refractivity (Wildman–Crippen MR) is 63.3 cm³/mol. The summed E-state index contributed by atoms with van der Waals surface area (Å²) in [5, 5.41) is 2.06. The van der Waals surface area contributed by atoms with Gasteiger partial charge in [0.05, 0.1) is 18.7 Å². The van der Waals surface area contributed by atoms with Gasteiger partial charge in [0, 0.05) is 12.0 Å². The Morgan fingerprint density at radius 3 is 2.76 bits per heavy atom. The first-order chi connectivity index (χ1) is 8.17. The summed E-state index contributed by atoms with van der Waals surface area (Å²) in [5.41, 5.74) is 0.563. The molecular weight excluding hydrogens is 242 g/mol. The molecule has 0 amide bonds. The number of ether oxygens (including phenoxy) is 2. The van der Waals surface area contributed by atoms with Crippen molar-refractivity contribution in [3.63, 3.8) is 0 Å². The number of carbonyl (C=O) groups excluding carboxylic acids is 2. The van der Waals surface area contributed by atoms with Crippen LogP contribution in [0.5, 0.6) is 0 Å². The molecule has 0 saturated carbocycles. The van der Waals surface area contributed by atoms with Gasteiger partial charge in [0.15, 0.2) is 5.01 Å². The second-order valence-electron chi connectivity index (χ2n) is 3.19. The zero-order valence-corrected chi connectivity index (χ0v) is 10.7. The highest BCUT2D eigenvalue weighted by molar-refractivity contribution is 7.11. The van der Waals surface area contributed by atoms with Gasteiger partial charge in [0.2, 0.25) is 5.78 Å². The molecule has 0 aliphatic rings. The molecule has 0 aliphatic carbocycles. The van der Waals surface area contributed by atoms with Gasteiger partial charge in [0.1, 0.15) is 6.61 Å². The van der Waals surface area contributed by atoms with Crippen molar-refractivity contribution in [2.75, 3.05) is 19.8 Å². The molecule has 0 atom stereocenters. The standard InChI is InChI=1S/C11H15NO4S/c1-3-15-6-9(13)11-12-8(7-17-11)5-10(14)16-4-2/h7H,3-6H2,1-2H3. The van der Waals surface area contributed by atoms with Gasteiger partial charge in [0.25, 0.3) is 0 Å². The Morgan fingerprint density at radius 2 is 2.12 bits per heavy atom. The largest absolute Gasteiger partial charge is 0.466 e. The maximum absolute atomic E-state index is 11.5. The summed E-state index contributed by atoms with van der Waals surface area (Å²) in [6, 6.07) is 0. The third-order valence-corrected chi connectivity index (χ3v) is 2.79. The third kappa shape index (κ3) is 4.62. The molecule has 17 heavy (non-hydrogen) atoms. The van der Waals surface area contributed by atoms with Gasteiger partial charge in [-0.25, -0.2) is 4.98 Å². The Kier molecular flexibility index (Phi) is 5.79. The first-order valence-corrected chi connectivity index (χ1v) is 6.26. The summed E-state index contributed by atoms with van der Waals surface area (Å²) in [6.45, 7) is 4.44. The Balaban J connectivity index is 2.52. The van der Waals surface area contributed by atoms with Crippen LogP contribution >= 0.6 is 11.3 Å². The van der Waals surface area contributed by atoms with Gasteiger partial charge in [-0.05, 0) is 13.8 Å². The van der Waals surface area contributed by atoms with Gasteiger partial charge in [-0.1, -0.05) is 0 Å². The van der Waals surface area contributed by atoms with Gasteiger partial charge in [-0.15, -0.1) is 11.3 Å². The Labute approximate surface area is 104 Å². The van der Waals surface area contributed by atoms with Crippen LogP contribution in [0, 0.1) is 0 Å². The third-order valence-electron chi connectivity index (χ3n) is 1.86. The zero-order valence-electron chi connectivity index (χ0n) is 9.89. The molecule has 0 bridgehead atoms. The second kappa shape index (κ2) is 7.13. The minimum absolute atomic E-state index is 0.0306. The molecule has 0 fully saturated rings. The quantitative estimate of drug-likeness (QED) is 0.546. The van der Waals surface area contributed by atoms with E-state index in [0.717, 1.165) is 0 Å². The van der Waals surface area contributed by atoms with Crippen LogP contribution in [0.2, 0.25) is 0 Å². The smallest absolute Gasteiger partial charge is 0.311 e. The highest BCUT2D eigenvalue weighted by Crippen LogP contribution is 2.11. The average Bonchev–Trinajstić information content (AvgIpc) is 2.74. The van der Waals surface area contributed by atoms with Gasteiger partial charge in [-0.2, -0.15) is 0 Å². The zero-order chi connectivity index (χ0) is 12.7. The SMILES string of the molecule is CCOCC(=O)c1nc(CC(=O)OCC)cs1. The molecule has 5 nitrogen and oxygen atoms in total. The van der Waals surface area contributed by atoms with Crippen molar-refractivity contribution in [3.05, 3.63) is 16.1 Å². The highest BCUT2D eigenvalue weighted by atomic mass is 32.1. The molecule has 0 aliphatic heterocycles. The fraction of sp³-hybridized carbons (Fsp3) is 0.545. The molecule has 1 rings (SSSR count). The molecule has 0 spiro atoms. The van der Waals surface area contributed by atoms with E-state index in [0.29, 0.717) is 23.9 Å². The fourth-order valence-electron chi connectivity index (χ4n) is 1.13. The second-order valence-corrected chi connectivity index (χ2v) is 4.04. The number of aromatic nitrogens is 1. The van der Waals surface area contributed by atoms with Crippen molar-refractivity contribution in [2.45, 2.75) is 20.3 Å². The maximum atomic E-state index is 11.5. The van der Waals surface area contributed by atoms with E-state index >= 15 is 0 Å². The summed E-state index contributed by atoms with van der Waals surface area (Å²) in [7, 11) is 0. The molecular formula is C11H15NO4S. The maximum Gasteiger partial charge on any atom is 0.311 e. The molecule has 1 heterocycles. The number of esters is 1. The van der Waals surface area contributed by atoms with E-state index in [1.807, 2.05) is 6.92 Å². The van der Waals surface area contributed by atoms with Gasteiger partial charge >= 0.3 is 5.97 Å². The number of thiazole rings is 1. The van der Waals surface area contributed by atoms with Crippen molar-refractivity contribution in [1.82, 2.24) is 4.98 Å². The lowest BCUT2D eigenvalue weighted by Gasteiger charge is -1.98. The molecule has 0 saturated heterocycles. The van der Waals surface area contributed by atoms with Crippen LogP contribution in [-0.4, -0.2) is 36.6 Å². The van der Waals surface area contributed by atoms with Crippen LogP contribution in [-0.2, 0) is 20.7 Å². The Hall–Kier alpha value is -1.27. The number of hydrogen-bond acceptors (Lipinski definition) is 6. The molecule has 0 N–H and O–H groups in total.